The molecule has 1 heterocycles. The molecule has 0 spiro atoms. The number of benzene rings is 10. The van der Waals surface area contributed by atoms with Crippen molar-refractivity contribution in [2.24, 2.45) is 0 Å². The molecule has 0 unspecified atom stereocenters. The highest BCUT2D eigenvalue weighted by molar-refractivity contribution is 6.05. The second-order valence-electron chi connectivity index (χ2n) is 16.5. The molecule has 0 atom stereocenters. The van der Waals surface area contributed by atoms with Gasteiger partial charge in [0.2, 0.25) is 0 Å². The zero-order chi connectivity index (χ0) is 41.7. The smallest absolute Gasteiger partial charge is 0.160 e. The summed E-state index contributed by atoms with van der Waals surface area (Å²) in [7, 11) is 0. The Bertz CT molecular complexity index is 3440. The van der Waals surface area contributed by atoms with Crippen LogP contribution in [0.25, 0.3) is 88.8 Å². The van der Waals surface area contributed by atoms with Gasteiger partial charge < -0.3 is 0 Å². The van der Waals surface area contributed by atoms with Crippen molar-refractivity contribution < 1.29 is 0 Å². The zero-order valence-corrected chi connectivity index (χ0v) is 34.5. The van der Waals surface area contributed by atoms with E-state index in [1.807, 2.05) is 18.2 Å². The molecule has 10 aromatic carbocycles. The quantitative estimate of drug-likeness (QED) is 0.160. The molecule has 0 amide bonds. The van der Waals surface area contributed by atoms with E-state index in [2.05, 4.69) is 224 Å². The number of aromatic nitrogens is 2. The third kappa shape index (κ3) is 6.10. The van der Waals surface area contributed by atoms with Crippen LogP contribution in [0.3, 0.4) is 0 Å². The summed E-state index contributed by atoms with van der Waals surface area (Å²) in [5.74, 6) is 0.709. The molecule has 1 aliphatic rings. The van der Waals surface area contributed by atoms with E-state index in [0.29, 0.717) is 5.82 Å². The van der Waals surface area contributed by atoms with E-state index in [4.69, 9.17) is 9.97 Å². The maximum Gasteiger partial charge on any atom is 0.160 e. The van der Waals surface area contributed by atoms with E-state index < -0.39 is 5.41 Å². The fourth-order valence-corrected chi connectivity index (χ4v) is 10.0. The minimum Gasteiger partial charge on any atom is -0.228 e. The normalized spacial score (nSPS) is 12.6. The van der Waals surface area contributed by atoms with E-state index >= 15 is 0 Å². The van der Waals surface area contributed by atoms with Crippen LogP contribution in [0.5, 0.6) is 0 Å². The summed E-state index contributed by atoms with van der Waals surface area (Å²) >= 11 is 0. The van der Waals surface area contributed by atoms with Gasteiger partial charge in [0.25, 0.3) is 0 Å². The number of fused-ring (bicyclic) bond motifs is 5. The van der Waals surface area contributed by atoms with Crippen LogP contribution in [0.15, 0.2) is 243 Å². The van der Waals surface area contributed by atoms with Crippen molar-refractivity contribution in [1.82, 2.24) is 9.97 Å². The van der Waals surface area contributed by atoms with E-state index in [-0.39, 0.29) is 0 Å². The summed E-state index contributed by atoms with van der Waals surface area (Å²) in [6.07, 6.45) is 0. The average Bonchev–Trinajstić information content (AvgIpc) is 3.67. The van der Waals surface area contributed by atoms with Crippen LogP contribution in [0.2, 0.25) is 0 Å². The molecule has 0 fully saturated rings. The van der Waals surface area contributed by atoms with Gasteiger partial charge in [-0.3, -0.25) is 0 Å². The lowest BCUT2D eigenvalue weighted by molar-refractivity contribution is 0.769. The SMILES string of the molecule is c1ccc(-c2nc(-c3ccc4ccccc4c3)cc(-c3ccc(-c4ccc(-c5ccc6c(c5)C(c5ccccc5)(c5ccccc5)c5ccccc5-6)cc4)c4ccccc34)n2)cc1. The number of rotatable bonds is 7. The van der Waals surface area contributed by atoms with Gasteiger partial charge in [-0.15, -0.1) is 0 Å². The minimum absolute atomic E-state index is 0.438. The van der Waals surface area contributed by atoms with Crippen LogP contribution in [-0.2, 0) is 5.41 Å². The van der Waals surface area contributed by atoms with Gasteiger partial charge in [-0.1, -0.05) is 224 Å². The first kappa shape index (κ1) is 36.6. The van der Waals surface area contributed by atoms with E-state index in [1.165, 1.54) is 71.8 Å². The van der Waals surface area contributed by atoms with Crippen molar-refractivity contribution in [3.05, 3.63) is 265 Å². The van der Waals surface area contributed by atoms with Crippen molar-refractivity contribution in [1.29, 1.82) is 0 Å². The lowest BCUT2D eigenvalue weighted by Crippen LogP contribution is -2.28. The molecule has 11 aromatic rings. The third-order valence-electron chi connectivity index (χ3n) is 13.0. The molecule has 294 valence electrons. The van der Waals surface area contributed by atoms with E-state index in [0.717, 1.165) is 33.5 Å². The molecule has 63 heavy (non-hydrogen) atoms. The van der Waals surface area contributed by atoms with Gasteiger partial charge in [0.05, 0.1) is 16.8 Å². The van der Waals surface area contributed by atoms with E-state index in [9.17, 15) is 0 Å². The monoisotopic (exact) mass is 800 g/mol. The molecule has 0 aliphatic heterocycles. The van der Waals surface area contributed by atoms with Crippen LogP contribution < -0.4 is 0 Å². The zero-order valence-electron chi connectivity index (χ0n) is 34.5. The summed E-state index contributed by atoms with van der Waals surface area (Å²) in [6, 6.07) is 87.8. The van der Waals surface area contributed by atoms with Gasteiger partial charge in [-0.25, -0.2) is 9.97 Å². The van der Waals surface area contributed by atoms with Gasteiger partial charge in [0.1, 0.15) is 0 Å². The molecule has 2 nitrogen and oxygen atoms in total. The fraction of sp³-hybridized carbons (Fsp3) is 0.0164. The molecular weight excluding hydrogens is 761 g/mol. The lowest BCUT2D eigenvalue weighted by Gasteiger charge is -2.34. The molecule has 2 heteroatoms. The second-order valence-corrected chi connectivity index (χ2v) is 16.5. The molecule has 0 saturated carbocycles. The number of hydrogen-bond donors (Lipinski definition) is 0. The third-order valence-corrected chi connectivity index (χ3v) is 13.0. The standard InChI is InChI=1S/C61H40N2/c1-4-17-44(18-5-1)60-62-58(47-33-30-41-16-10-11-19-45(41)38-47)40-59(63-60)55-37-36-50(51-24-12-13-25-52(51)55)43-31-28-42(29-32-43)46-34-35-54-53-26-14-15-27-56(53)61(57(54)39-46,48-20-6-2-7-21-48)49-22-8-3-9-23-49/h1-40H. The van der Waals surface area contributed by atoms with Gasteiger partial charge in [0.15, 0.2) is 5.82 Å². The first-order chi connectivity index (χ1) is 31.2. The first-order valence-corrected chi connectivity index (χ1v) is 21.6. The summed E-state index contributed by atoms with van der Waals surface area (Å²) in [5, 5.41) is 4.73. The molecule has 0 bridgehead atoms. The molecule has 12 rings (SSSR count). The highest BCUT2D eigenvalue weighted by Crippen LogP contribution is 2.56. The number of hydrogen-bond acceptors (Lipinski definition) is 2. The van der Waals surface area contributed by atoms with Crippen molar-refractivity contribution in [2.45, 2.75) is 5.41 Å². The van der Waals surface area contributed by atoms with Crippen LogP contribution in [-0.4, -0.2) is 9.97 Å². The van der Waals surface area contributed by atoms with Crippen LogP contribution in [0.1, 0.15) is 22.3 Å². The minimum atomic E-state index is -0.438. The largest absolute Gasteiger partial charge is 0.228 e. The Morgan fingerprint density at radius 1 is 0.270 bits per heavy atom. The van der Waals surface area contributed by atoms with Crippen molar-refractivity contribution in [2.75, 3.05) is 0 Å². The Kier molecular flexibility index (Phi) is 8.76. The Labute approximate surface area is 367 Å². The van der Waals surface area contributed by atoms with Gasteiger partial charge in [-0.05, 0) is 95.4 Å². The van der Waals surface area contributed by atoms with Crippen LogP contribution in [0.4, 0.5) is 0 Å². The Hall–Kier alpha value is -8.20. The Morgan fingerprint density at radius 2 is 0.794 bits per heavy atom. The van der Waals surface area contributed by atoms with Crippen LogP contribution in [0, 0.1) is 0 Å². The molecular formula is C61H40N2. The topological polar surface area (TPSA) is 25.8 Å². The van der Waals surface area contributed by atoms with Crippen molar-refractivity contribution in [3.8, 4) is 67.3 Å². The summed E-state index contributed by atoms with van der Waals surface area (Å²) in [6.45, 7) is 0. The molecule has 1 aromatic heterocycles. The molecule has 0 saturated heterocycles. The summed E-state index contributed by atoms with van der Waals surface area (Å²) < 4.78 is 0. The van der Waals surface area contributed by atoms with Crippen LogP contribution >= 0.6 is 0 Å². The maximum absolute atomic E-state index is 5.24. The van der Waals surface area contributed by atoms with Crippen molar-refractivity contribution >= 4 is 21.5 Å². The number of nitrogens with zero attached hydrogens (tertiary/aromatic N) is 2. The highest BCUT2D eigenvalue weighted by Gasteiger charge is 2.46. The predicted octanol–water partition coefficient (Wildman–Crippen LogP) is 15.5. The summed E-state index contributed by atoms with van der Waals surface area (Å²) in [4.78, 5) is 10.4. The molecule has 0 radical (unpaired) electrons. The van der Waals surface area contributed by atoms with Gasteiger partial charge in [-0.2, -0.15) is 0 Å². The second kappa shape index (κ2) is 15.1. The summed E-state index contributed by atoms with van der Waals surface area (Å²) in [5.41, 5.74) is 17.0. The predicted molar refractivity (Wildman–Crippen MR) is 262 cm³/mol. The lowest BCUT2D eigenvalue weighted by atomic mass is 9.67. The first-order valence-electron chi connectivity index (χ1n) is 21.6. The van der Waals surface area contributed by atoms with Gasteiger partial charge in [0, 0.05) is 16.7 Å². The molecule has 0 N–H and O–H groups in total. The van der Waals surface area contributed by atoms with Crippen molar-refractivity contribution in [3.63, 3.8) is 0 Å². The Balaban J connectivity index is 0.952. The average molecular weight is 801 g/mol. The van der Waals surface area contributed by atoms with Gasteiger partial charge >= 0.3 is 0 Å². The fourth-order valence-electron chi connectivity index (χ4n) is 10.0. The maximum atomic E-state index is 5.24. The highest BCUT2D eigenvalue weighted by atomic mass is 14.9. The van der Waals surface area contributed by atoms with E-state index in [1.54, 1.807) is 0 Å². The Morgan fingerprint density at radius 3 is 1.54 bits per heavy atom. The molecule has 1 aliphatic carbocycles.